The molecule has 0 spiro atoms. The van der Waals surface area contributed by atoms with E-state index in [1.165, 1.54) is 0 Å². The van der Waals surface area contributed by atoms with Crippen LogP contribution in [0, 0.1) is 0 Å². The number of carbonyl (C=O) groups is 1. The first-order chi connectivity index (χ1) is 9.60. The molecule has 20 heavy (non-hydrogen) atoms. The van der Waals surface area contributed by atoms with Crippen LogP contribution in [-0.4, -0.2) is 21.8 Å². The standard InChI is InChI=1S/C16H15NO3/c18-15-16(19,10-12-6-2-1-3-7-12)11-13-8-4-5-9-14(13)17(15)20/h1-9,19-20H,10-11H2. The lowest BCUT2D eigenvalue weighted by molar-refractivity contribution is -0.143. The number of aliphatic hydroxyl groups is 1. The van der Waals surface area contributed by atoms with Crippen molar-refractivity contribution in [1.82, 2.24) is 0 Å². The predicted octanol–water partition coefficient (Wildman–Crippen LogP) is 1.94. The maximum absolute atomic E-state index is 12.2. The molecule has 0 saturated heterocycles. The van der Waals surface area contributed by atoms with Crippen molar-refractivity contribution in [2.24, 2.45) is 0 Å². The lowest BCUT2D eigenvalue weighted by Gasteiger charge is -2.36. The number of nitrogens with zero attached hydrogens (tertiary/aromatic N) is 1. The van der Waals surface area contributed by atoms with E-state index in [0.717, 1.165) is 11.1 Å². The second-order valence-corrected chi connectivity index (χ2v) is 5.12. The summed E-state index contributed by atoms with van der Waals surface area (Å²) in [5.41, 5.74) is 0.448. The Labute approximate surface area is 116 Å². The summed E-state index contributed by atoms with van der Waals surface area (Å²) in [7, 11) is 0. The number of anilines is 1. The van der Waals surface area contributed by atoms with Gasteiger partial charge in [0.05, 0.1) is 5.69 Å². The van der Waals surface area contributed by atoms with Crippen LogP contribution in [0.15, 0.2) is 54.6 Å². The average Bonchev–Trinajstić information content (AvgIpc) is 2.46. The first kappa shape index (κ1) is 12.8. The molecule has 1 aliphatic heterocycles. The number of para-hydroxylation sites is 1. The number of hydrogen-bond acceptors (Lipinski definition) is 3. The molecule has 1 unspecified atom stereocenters. The lowest BCUT2D eigenvalue weighted by Crippen LogP contribution is -2.54. The smallest absolute Gasteiger partial charge is 0.283 e. The first-order valence-electron chi connectivity index (χ1n) is 6.48. The maximum atomic E-state index is 12.2. The minimum atomic E-state index is -1.61. The van der Waals surface area contributed by atoms with Crippen LogP contribution in [0.1, 0.15) is 11.1 Å². The highest BCUT2D eigenvalue weighted by Crippen LogP contribution is 2.33. The van der Waals surface area contributed by atoms with E-state index < -0.39 is 11.5 Å². The SMILES string of the molecule is O=C1N(O)c2ccccc2CC1(O)Cc1ccccc1. The van der Waals surface area contributed by atoms with Crippen LogP contribution in [0.4, 0.5) is 5.69 Å². The van der Waals surface area contributed by atoms with E-state index in [9.17, 15) is 15.1 Å². The van der Waals surface area contributed by atoms with Crippen LogP contribution >= 0.6 is 0 Å². The number of rotatable bonds is 2. The van der Waals surface area contributed by atoms with Gasteiger partial charge < -0.3 is 5.11 Å². The molecule has 1 atom stereocenters. The molecule has 0 radical (unpaired) electrons. The molecule has 102 valence electrons. The normalized spacial score (nSPS) is 21.7. The van der Waals surface area contributed by atoms with Gasteiger partial charge in [0.1, 0.15) is 0 Å². The molecule has 1 aliphatic rings. The minimum absolute atomic E-state index is 0.179. The summed E-state index contributed by atoms with van der Waals surface area (Å²) < 4.78 is 0. The quantitative estimate of drug-likeness (QED) is 0.819. The van der Waals surface area contributed by atoms with Crippen molar-refractivity contribution in [3.63, 3.8) is 0 Å². The number of benzene rings is 2. The summed E-state index contributed by atoms with van der Waals surface area (Å²) in [5, 5.41) is 21.2. The molecule has 1 amide bonds. The fourth-order valence-electron chi connectivity index (χ4n) is 2.64. The molecule has 2 N–H and O–H groups in total. The van der Waals surface area contributed by atoms with Crippen LogP contribution in [0.5, 0.6) is 0 Å². The molecule has 0 fully saturated rings. The maximum Gasteiger partial charge on any atom is 0.283 e. The number of amides is 1. The molecule has 0 aliphatic carbocycles. The van der Waals surface area contributed by atoms with Crippen molar-refractivity contribution in [3.05, 3.63) is 65.7 Å². The number of hydroxylamine groups is 1. The second-order valence-electron chi connectivity index (χ2n) is 5.12. The van der Waals surface area contributed by atoms with E-state index in [1.807, 2.05) is 36.4 Å². The van der Waals surface area contributed by atoms with Crippen LogP contribution in [0.25, 0.3) is 0 Å². The molecule has 0 saturated carbocycles. The Bertz CT molecular complexity index is 641. The van der Waals surface area contributed by atoms with Crippen molar-refractivity contribution in [3.8, 4) is 0 Å². The third-order valence-electron chi connectivity index (χ3n) is 3.63. The zero-order valence-corrected chi connectivity index (χ0v) is 10.9. The molecule has 1 heterocycles. The topological polar surface area (TPSA) is 60.8 Å². The van der Waals surface area contributed by atoms with E-state index in [-0.39, 0.29) is 12.8 Å². The van der Waals surface area contributed by atoms with Crippen molar-refractivity contribution in [2.75, 3.05) is 5.06 Å². The van der Waals surface area contributed by atoms with Gasteiger partial charge in [-0.25, -0.2) is 0 Å². The molecular weight excluding hydrogens is 254 g/mol. The van der Waals surface area contributed by atoms with Crippen molar-refractivity contribution < 1.29 is 15.1 Å². The first-order valence-corrected chi connectivity index (χ1v) is 6.48. The molecule has 3 rings (SSSR count). The highest BCUT2D eigenvalue weighted by molar-refractivity contribution is 6.00. The molecule has 2 aromatic carbocycles. The minimum Gasteiger partial charge on any atom is -0.379 e. The number of hydrogen-bond donors (Lipinski definition) is 2. The van der Waals surface area contributed by atoms with Gasteiger partial charge in [-0.15, -0.1) is 0 Å². The van der Waals surface area contributed by atoms with E-state index >= 15 is 0 Å². The Hall–Kier alpha value is -2.17. The molecular formula is C16H15NO3. The predicted molar refractivity (Wildman–Crippen MR) is 74.5 cm³/mol. The van der Waals surface area contributed by atoms with Gasteiger partial charge in [0.15, 0.2) is 5.60 Å². The second kappa shape index (κ2) is 4.74. The fourth-order valence-corrected chi connectivity index (χ4v) is 2.64. The summed E-state index contributed by atoms with van der Waals surface area (Å²) in [6.45, 7) is 0. The van der Waals surface area contributed by atoms with E-state index in [1.54, 1.807) is 18.2 Å². The number of fused-ring (bicyclic) bond motifs is 1. The van der Waals surface area contributed by atoms with Crippen molar-refractivity contribution in [1.29, 1.82) is 0 Å². The highest BCUT2D eigenvalue weighted by Gasteiger charge is 2.44. The Morgan fingerprint density at radius 1 is 1.05 bits per heavy atom. The van der Waals surface area contributed by atoms with Gasteiger partial charge in [-0.1, -0.05) is 48.5 Å². The Morgan fingerprint density at radius 3 is 2.45 bits per heavy atom. The number of carbonyl (C=O) groups excluding carboxylic acids is 1. The van der Waals surface area contributed by atoms with Crippen LogP contribution in [0.2, 0.25) is 0 Å². The Kier molecular flexibility index (Phi) is 3.04. The largest absolute Gasteiger partial charge is 0.379 e. The Morgan fingerprint density at radius 2 is 1.70 bits per heavy atom. The Balaban J connectivity index is 1.97. The third kappa shape index (κ3) is 2.09. The monoisotopic (exact) mass is 269 g/mol. The van der Waals surface area contributed by atoms with Crippen LogP contribution in [-0.2, 0) is 17.6 Å². The van der Waals surface area contributed by atoms with Gasteiger partial charge in [-0.3, -0.25) is 10.0 Å². The third-order valence-corrected chi connectivity index (χ3v) is 3.63. The van der Waals surface area contributed by atoms with Gasteiger partial charge in [-0.05, 0) is 17.2 Å². The summed E-state index contributed by atoms with van der Waals surface area (Å²) in [6.07, 6.45) is 0.381. The summed E-state index contributed by atoms with van der Waals surface area (Å²) >= 11 is 0. The van der Waals surface area contributed by atoms with Crippen LogP contribution < -0.4 is 5.06 Å². The van der Waals surface area contributed by atoms with Gasteiger partial charge in [0.2, 0.25) is 0 Å². The van der Waals surface area contributed by atoms with E-state index in [2.05, 4.69) is 0 Å². The molecule has 0 bridgehead atoms. The van der Waals surface area contributed by atoms with E-state index in [0.29, 0.717) is 10.8 Å². The molecule has 2 aromatic rings. The highest BCUT2D eigenvalue weighted by atomic mass is 16.5. The zero-order valence-electron chi connectivity index (χ0n) is 10.9. The van der Waals surface area contributed by atoms with Gasteiger partial charge in [-0.2, -0.15) is 5.06 Å². The molecule has 0 aromatic heterocycles. The molecule has 4 heteroatoms. The summed E-state index contributed by atoms with van der Waals surface area (Å²) in [6, 6.07) is 16.3. The summed E-state index contributed by atoms with van der Waals surface area (Å²) in [5.74, 6) is -0.681. The lowest BCUT2D eigenvalue weighted by atomic mass is 9.84. The van der Waals surface area contributed by atoms with Crippen molar-refractivity contribution in [2.45, 2.75) is 18.4 Å². The van der Waals surface area contributed by atoms with Gasteiger partial charge in [0, 0.05) is 12.8 Å². The fraction of sp³-hybridized carbons (Fsp3) is 0.188. The van der Waals surface area contributed by atoms with Crippen molar-refractivity contribution >= 4 is 11.6 Å². The van der Waals surface area contributed by atoms with E-state index in [4.69, 9.17) is 0 Å². The van der Waals surface area contributed by atoms with Gasteiger partial charge in [0.25, 0.3) is 5.91 Å². The zero-order chi connectivity index (χ0) is 14.2. The van der Waals surface area contributed by atoms with Crippen LogP contribution in [0.3, 0.4) is 0 Å². The average molecular weight is 269 g/mol. The summed E-state index contributed by atoms with van der Waals surface area (Å²) in [4.78, 5) is 12.2. The van der Waals surface area contributed by atoms with Gasteiger partial charge >= 0.3 is 0 Å². The molecule has 4 nitrogen and oxygen atoms in total.